The molecule has 9 heteroatoms. The molecule has 168 valence electrons. The lowest BCUT2D eigenvalue weighted by atomic mass is 10.0. The third-order valence-corrected chi connectivity index (χ3v) is 5.56. The van der Waals surface area contributed by atoms with Crippen LogP contribution in [0.25, 0.3) is 0 Å². The second-order valence-corrected chi connectivity index (χ2v) is 9.50. The van der Waals surface area contributed by atoms with E-state index in [4.69, 9.17) is 11.5 Å². The highest BCUT2D eigenvalue weighted by Crippen LogP contribution is 2.29. The van der Waals surface area contributed by atoms with Gasteiger partial charge in [-0.2, -0.15) is 4.37 Å². The number of carbonyl (C=O) groups is 3. The van der Waals surface area contributed by atoms with E-state index in [0.29, 0.717) is 18.0 Å². The van der Waals surface area contributed by atoms with Crippen molar-refractivity contribution in [1.82, 2.24) is 9.69 Å². The monoisotopic (exact) mass is 445 g/mol. The highest BCUT2D eigenvalue weighted by atomic mass is 32.1. The van der Waals surface area contributed by atoms with Crippen LogP contribution in [0.4, 0.5) is 11.4 Å². The lowest BCUT2D eigenvalue weighted by molar-refractivity contribution is -0.123. The quantitative estimate of drug-likeness (QED) is 0.602. The molecule has 0 aliphatic heterocycles. The fourth-order valence-electron chi connectivity index (χ4n) is 3.14. The third kappa shape index (κ3) is 5.61. The van der Waals surface area contributed by atoms with E-state index >= 15 is 0 Å². The smallest absolute Gasteiger partial charge is 0.272 e. The van der Waals surface area contributed by atoms with Crippen LogP contribution in [0.15, 0.2) is 24.3 Å². The molecule has 1 aromatic heterocycles. The third-order valence-electron chi connectivity index (χ3n) is 4.71. The van der Waals surface area contributed by atoms with Gasteiger partial charge in [-0.25, -0.2) is 0 Å². The van der Waals surface area contributed by atoms with Crippen molar-refractivity contribution in [2.75, 3.05) is 10.6 Å². The van der Waals surface area contributed by atoms with Crippen LogP contribution in [-0.2, 0) is 4.79 Å². The summed E-state index contributed by atoms with van der Waals surface area (Å²) in [5.74, 6) is -1.28. The van der Waals surface area contributed by atoms with Gasteiger partial charge in [0.1, 0.15) is 10.9 Å². The molecule has 2 aromatic rings. The van der Waals surface area contributed by atoms with Gasteiger partial charge in [0.2, 0.25) is 5.91 Å². The molecule has 1 atom stereocenters. The number of nitrogens with one attached hydrogen (secondary N) is 1. The van der Waals surface area contributed by atoms with Crippen molar-refractivity contribution in [3.8, 4) is 0 Å². The first-order valence-electron chi connectivity index (χ1n) is 10.2. The molecule has 31 heavy (non-hydrogen) atoms. The predicted molar refractivity (Wildman–Crippen MR) is 124 cm³/mol. The predicted octanol–water partition coefficient (Wildman–Crippen LogP) is 3.29. The van der Waals surface area contributed by atoms with Crippen LogP contribution in [0.2, 0.25) is 0 Å². The summed E-state index contributed by atoms with van der Waals surface area (Å²) in [7, 11) is 0. The van der Waals surface area contributed by atoms with Crippen molar-refractivity contribution < 1.29 is 14.4 Å². The van der Waals surface area contributed by atoms with Crippen molar-refractivity contribution in [2.45, 2.75) is 65.5 Å². The maximum atomic E-state index is 13.6. The Balaban J connectivity index is 2.57. The second kappa shape index (κ2) is 9.47. The van der Waals surface area contributed by atoms with Crippen molar-refractivity contribution in [1.29, 1.82) is 0 Å². The zero-order valence-corrected chi connectivity index (χ0v) is 19.7. The number of hydrogen-bond acceptors (Lipinski definition) is 6. The van der Waals surface area contributed by atoms with Crippen molar-refractivity contribution in [3.05, 3.63) is 40.4 Å². The molecule has 0 saturated heterocycles. The van der Waals surface area contributed by atoms with Gasteiger partial charge < -0.3 is 16.8 Å². The van der Waals surface area contributed by atoms with Crippen molar-refractivity contribution in [3.63, 3.8) is 0 Å². The van der Waals surface area contributed by atoms with Gasteiger partial charge in [-0.05, 0) is 62.3 Å². The van der Waals surface area contributed by atoms with Crippen LogP contribution >= 0.6 is 11.5 Å². The average molecular weight is 446 g/mol. The van der Waals surface area contributed by atoms with E-state index in [1.165, 1.54) is 4.90 Å². The molecule has 1 aromatic carbocycles. The maximum absolute atomic E-state index is 13.6. The van der Waals surface area contributed by atoms with E-state index in [-0.39, 0.29) is 22.2 Å². The average Bonchev–Trinajstić information content (AvgIpc) is 3.05. The summed E-state index contributed by atoms with van der Waals surface area (Å²) >= 11 is 0.798. The van der Waals surface area contributed by atoms with Gasteiger partial charge in [-0.1, -0.05) is 32.9 Å². The minimum atomic E-state index is -0.807. The van der Waals surface area contributed by atoms with Crippen LogP contribution < -0.4 is 21.7 Å². The van der Waals surface area contributed by atoms with Crippen molar-refractivity contribution >= 4 is 40.6 Å². The molecular weight excluding hydrogens is 414 g/mol. The summed E-state index contributed by atoms with van der Waals surface area (Å²) in [5.41, 5.74) is 12.3. The number of rotatable bonds is 7. The van der Waals surface area contributed by atoms with Gasteiger partial charge >= 0.3 is 0 Å². The molecule has 0 radical (unpaired) electrons. The Morgan fingerprint density at radius 3 is 2.16 bits per heavy atom. The van der Waals surface area contributed by atoms with E-state index in [1.54, 1.807) is 0 Å². The van der Waals surface area contributed by atoms with Crippen LogP contribution in [0, 0.1) is 0 Å². The van der Waals surface area contributed by atoms with Gasteiger partial charge in [0.15, 0.2) is 5.69 Å². The van der Waals surface area contributed by atoms with Gasteiger partial charge in [-0.15, -0.1) is 0 Å². The first-order valence-corrected chi connectivity index (χ1v) is 10.9. The molecule has 2 rings (SSSR count). The van der Waals surface area contributed by atoms with Crippen LogP contribution in [-0.4, -0.2) is 33.7 Å². The summed E-state index contributed by atoms with van der Waals surface area (Å²) in [6.07, 6.45) is 0.376. The molecule has 0 aliphatic rings. The molecule has 1 unspecified atom stereocenters. The first-order chi connectivity index (χ1) is 14.4. The number of amides is 3. The molecular formula is C22H31N5O3S. The molecule has 0 saturated carbocycles. The maximum Gasteiger partial charge on any atom is 0.272 e. The van der Waals surface area contributed by atoms with Gasteiger partial charge in [0.05, 0.1) is 5.69 Å². The van der Waals surface area contributed by atoms with Crippen LogP contribution in [0.3, 0.4) is 0 Å². The number of nitrogens with zero attached hydrogens (tertiary/aromatic N) is 2. The number of aromatic nitrogens is 1. The van der Waals surface area contributed by atoms with E-state index in [9.17, 15) is 14.4 Å². The number of anilines is 2. The fraction of sp³-hybridized carbons (Fsp3) is 0.455. The molecule has 0 bridgehead atoms. The SMILES string of the molecule is CCC(C(=O)NC(C)(C)C)N(C(=O)c1snc(C(N)=O)c1N)c1ccc(C(C)C)cc1. The lowest BCUT2D eigenvalue weighted by Gasteiger charge is -2.33. The van der Waals surface area contributed by atoms with Gasteiger partial charge in [-0.3, -0.25) is 19.3 Å². The topological polar surface area (TPSA) is 131 Å². The Hall–Kier alpha value is -2.94. The molecule has 1 heterocycles. The Morgan fingerprint density at radius 2 is 1.74 bits per heavy atom. The van der Waals surface area contributed by atoms with Crippen molar-refractivity contribution in [2.24, 2.45) is 5.73 Å². The van der Waals surface area contributed by atoms with E-state index in [0.717, 1.165) is 17.1 Å². The number of nitrogen functional groups attached to an aromatic ring is 1. The summed E-state index contributed by atoms with van der Waals surface area (Å²) in [4.78, 5) is 39.7. The van der Waals surface area contributed by atoms with Crippen LogP contribution in [0.5, 0.6) is 0 Å². The highest BCUT2D eigenvalue weighted by molar-refractivity contribution is 7.09. The lowest BCUT2D eigenvalue weighted by Crippen LogP contribution is -2.54. The van der Waals surface area contributed by atoms with E-state index in [2.05, 4.69) is 23.5 Å². The number of nitrogens with two attached hydrogens (primary N) is 2. The van der Waals surface area contributed by atoms with E-state index in [1.807, 2.05) is 52.0 Å². The molecule has 8 nitrogen and oxygen atoms in total. The molecule has 0 fully saturated rings. The normalized spacial score (nSPS) is 12.5. The summed E-state index contributed by atoms with van der Waals surface area (Å²) in [5, 5.41) is 2.94. The number of hydrogen-bond donors (Lipinski definition) is 3. The summed E-state index contributed by atoms with van der Waals surface area (Å²) < 4.78 is 3.93. The minimum absolute atomic E-state index is 0.0719. The Morgan fingerprint density at radius 1 is 1.16 bits per heavy atom. The molecule has 0 aliphatic carbocycles. The second-order valence-electron chi connectivity index (χ2n) is 8.72. The first kappa shape index (κ1) is 24.3. The minimum Gasteiger partial charge on any atom is -0.395 e. The highest BCUT2D eigenvalue weighted by Gasteiger charge is 2.35. The standard InChI is InChI=1S/C22H31N5O3S/c1-7-15(20(29)25-22(4,5)6)27(14-10-8-13(9-11-14)12(2)3)21(30)18-16(23)17(19(24)28)26-31-18/h8-12,15H,7,23H2,1-6H3,(H2,24,28)(H,25,29). The van der Waals surface area contributed by atoms with Gasteiger partial charge in [0, 0.05) is 11.2 Å². The number of benzene rings is 1. The zero-order chi connectivity index (χ0) is 23.5. The van der Waals surface area contributed by atoms with Crippen LogP contribution in [0.1, 0.15) is 79.6 Å². The molecule has 5 N–H and O–H groups in total. The van der Waals surface area contributed by atoms with E-state index < -0.39 is 23.4 Å². The summed E-state index contributed by atoms with van der Waals surface area (Å²) in [6, 6.07) is 6.70. The number of carbonyl (C=O) groups excluding carboxylic acids is 3. The molecule has 3 amide bonds. The Labute approximate surface area is 187 Å². The summed E-state index contributed by atoms with van der Waals surface area (Å²) in [6.45, 7) is 11.6. The Bertz CT molecular complexity index is 961. The number of primary amides is 1. The molecule has 0 spiro atoms. The largest absolute Gasteiger partial charge is 0.395 e. The zero-order valence-electron chi connectivity index (χ0n) is 18.9. The fourth-order valence-corrected chi connectivity index (χ4v) is 3.88. The Kier molecular flexibility index (Phi) is 7.43. The van der Waals surface area contributed by atoms with Gasteiger partial charge in [0.25, 0.3) is 11.8 Å².